The first kappa shape index (κ1) is 27.8. The summed E-state index contributed by atoms with van der Waals surface area (Å²) in [6, 6.07) is 8.45. The molecular formula is C27H32ClN7O5. The van der Waals surface area contributed by atoms with Crippen molar-refractivity contribution in [3.8, 4) is 6.01 Å². The van der Waals surface area contributed by atoms with Gasteiger partial charge in [0.2, 0.25) is 5.91 Å². The van der Waals surface area contributed by atoms with Crippen LogP contribution in [0.1, 0.15) is 37.0 Å². The number of β-amino-alcohol motifs (C(OH)–C–C–N with tert-alkyl or cyclic N) is 1. The van der Waals surface area contributed by atoms with E-state index in [2.05, 4.69) is 39.3 Å². The number of hydrogen-bond acceptors (Lipinski definition) is 8. The van der Waals surface area contributed by atoms with Gasteiger partial charge in [0.1, 0.15) is 17.9 Å². The zero-order valence-electron chi connectivity index (χ0n) is 22.3. The lowest BCUT2D eigenvalue weighted by Crippen LogP contribution is -2.53. The molecule has 0 saturated carbocycles. The van der Waals surface area contributed by atoms with E-state index in [9.17, 15) is 19.5 Å². The van der Waals surface area contributed by atoms with Crippen LogP contribution in [-0.4, -0.2) is 91.7 Å². The van der Waals surface area contributed by atoms with Gasteiger partial charge in [-0.1, -0.05) is 17.7 Å². The molecule has 4 heterocycles. The Morgan fingerprint density at radius 1 is 1.15 bits per heavy atom. The highest BCUT2D eigenvalue weighted by Crippen LogP contribution is 2.27. The van der Waals surface area contributed by atoms with E-state index < -0.39 is 18.1 Å². The number of rotatable bonds is 7. The predicted octanol–water partition coefficient (Wildman–Crippen LogP) is 2.50. The lowest BCUT2D eigenvalue weighted by atomic mass is 10.0. The monoisotopic (exact) mass is 569 g/mol. The molecule has 0 atom stereocenters. The maximum atomic E-state index is 13.1. The molecule has 0 bridgehead atoms. The van der Waals surface area contributed by atoms with Gasteiger partial charge in [0.25, 0.3) is 5.91 Å². The Kier molecular flexibility index (Phi) is 8.19. The first-order chi connectivity index (χ1) is 19.2. The Morgan fingerprint density at radius 3 is 2.55 bits per heavy atom. The molecule has 3 amide bonds. The third-order valence-corrected chi connectivity index (χ3v) is 7.41. The lowest BCUT2D eigenvalue weighted by Gasteiger charge is -2.35. The normalized spacial score (nSPS) is 16.7. The fraction of sp³-hybridized carbons (Fsp3) is 0.444. The number of carbonyl (C=O) groups excluding carboxylic acids is 3. The zero-order chi connectivity index (χ0) is 28.4. The number of ether oxygens (including phenoxy) is 1. The van der Waals surface area contributed by atoms with Crippen LogP contribution in [0.5, 0.6) is 6.01 Å². The number of pyridine rings is 1. The van der Waals surface area contributed by atoms with Gasteiger partial charge in [-0.3, -0.25) is 14.2 Å². The molecule has 0 radical (unpaired) electrons. The molecule has 1 aromatic carbocycles. The van der Waals surface area contributed by atoms with Crippen molar-refractivity contribution in [2.75, 3.05) is 31.5 Å². The fourth-order valence-corrected chi connectivity index (χ4v) is 5.05. The molecule has 0 spiro atoms. The number of nitrogens with one attached hydrogen (secondary N) is 2. The highest BCUT2D eigenvalue weighted by Gasteiger charge is 2.32. The summed E-state index contributed by atoms with van der Waals surface area (Å²) in [6.07, 6.45) is 1.76. The number of carbonyl (C=O) groups is 3. The molecule has 12 nitrogen and oxygen atoms in total. The van der Waals surface area contributed by atoms with Gasteiger partial charge in [0.05, 0.1) is 22.2 Å². The van der Waals surface area contributed by atoms with Crippen molar-refractivity contribution in [1.82, 2.24) is 29.7 Å². The number of para-hydroxylation sites is 1. The number of anilines is 1. The van der Waals surface area contributed by atoms with Crippen molar-refractivity contribution in [3.05, 3.63) is 47.1 Å². The number of nitrogens with zero attached hydrogens (tertiary/aromatic N) is 5. The van der Waals surface area contributed by atoms with Crippen molar-refractivity contribution in [2.24, 2.45) is 0 Å². The largest absolute Gasteiger partial charge is 0.415 e. The molecule has 40 heavy (non-hydrogen) atoms. The maximum absolute atomic E-state index is 13.1. The van der Waals surface area contributed by atoms with Crippen LogP contribution < -0.4 is 15.4 Å². The number of halogens is 1. The molecule has 2 fully saturated rings. The summed E-state index contributed by atoms with van der Waals surface area (Å²) in [4.78, 5) is 51.4. The van der Waals surface area contributed by atoms with Crippen LogP contribution >= 0.6 is 11.6 Å². The average Bonchev–Trinajstić information content (AvgIpc) is 3.24. The van der Waals surface area contributed by atoms with Crippen LogP contribution in [0.15, 0.2) is 36.5 Å². The maximum Gasteiger partial charge on any atom is 0.415 e. The second kappa shape index (κ2) is 11.8. The van der Waals surface area contributed by atoms with Crippen molar-refractivity contribution in [3.63, 3.8) is 0 Å². The molecule has 3 N–H and O–H groups in total. The smallest absolute Gasteiger partial charge is 0.389 e. The van der Waals surface area contributed by atoms with Crippen LogP contribution in [0.2, 0.25) is 5.02 Å². The summed E-state index contributed by atoms with van der Waals surface area (Å²) in [7, 11) is 0. The highest BCUT2D eigenvalue weighted by atomic mass is 35.5. The number of likely N-dealkylation sites (tertiary alicyclic amines) is 2. The summed E-state index contributed by atoms with van der Waals surface area (Å²) in [5.41, 5.74) is 1.02. The van der Waals surface area contributed by atoms with Gasteiger partial charge < -0.3 is 30.3 Å². The van der Waals surface area contributed by atoms with Crippen molar-refractivity contribution in [1.29, 1.82) is 0 Å². The van der Waals surface area contributed by atoms with Crippen LogP contribution in [0.4, 0.5) is 10.6 Å². The van der Waals surface area contributed by atoms with Crippen LogP contribution in [0.25, 0.3) is 11.0 Å². The molecule has 13 heteroatoms. The number of aliphatic hydroxyl groups excluding tert-OH is 1. The number of fused-ring (bicyclic) bond motifs is 1. The topological polar surface area (TPSA) is 142 Å². The average molecular weight is 570 g/mol. The number of aliphatic hydroxyl groups is 1. The van der Waals surface area contributed by atoms with Gasteiger partial charge >= 0.3 is 12.1 Å². The summed E-state index contributed by atoms with van der Waals surface area (Å²) < 4.78 is 7.08. The minimum absolute atomic E-state index is 0.0467. The van der Waals surface area contributed by atoms with Gasteiger partial charge in [-0.15, -0.1) is 0 Å². The van der Waals surface area contributed by atoms with E-state index in [1.807, 2.05) is 0 Å². The van der Waals surface area contributed by atoms with Crippen LogP contribution in [0.3, 0.4) is 0 Å². The predicted molar refractivity (Wildman–Crippen MR) is 148 cm³/mol. The van der Waals surface area contributed by atoms with Gasteiger partial charge in [-0.2, -0.15) is 4.98 Å². The number of aromatic nitrogens is 3. The number of imidazole rings is 1. The summed E-state index contributed by atoms with van der Waals surface area (Å²) in [5, 5.41) is 15.7. The molecule has 3 aromatic rings. The van der Waals surface area contributed by atoms with E-state index in [-0.39, 0.29) is 43.2 Å². The molecule has 0 unspecified atom stereocenters. The molecule has 2 aliphatic heterocycles. The molecule has 2 aliphatic rings. The lowest BCUT2D eigenvalue weighted by molar-refractivity contribution is -0.116. The SMILES string of the molecule is CC(C)N1CCC(NC(=O)Oc2nc3c(C(=O)N4CC(O)C4)cccc3n2CC(=O)Nc2ccc(Cl)cn2)CC1. The van der Waals surface area contributed by atoms with E-state index in [1.165, 1.54) is 15.7 Å². The Morgan fingerprint density at radius 2 is 1.90 bits per heavy atom. The van der Waals surface area contributed by atoms with Crippen molar-refractivity contribution >= 4 is 46.4 Å². The van der Waals surface area contributed by atoms with Gasteiger partial charge in [0, 0.05) is 44.5 Å². The highest BCUT2D eigenvalue weighted by molar-refractivity contribution is 6.30. The number of amides is 3. The van der Waals surface area contributed by atoms with Gasteiger partial charge in [-0.25, -0.2) is 9.78 Å². The first-order valence-electron chi connectivity index (χ1n) is 13.3. The van der Waals surface area contributed by atoms with E-state index in [0.29, 0.717) is 27.9 Å². The second-order valence-corrected chi connectivity index (χ2v) is 10.8. The molecule has 5 rings (SSSR count). The van der Waals surface area contributed by atoms with E-state index in [1.54, 1.807) is 30.3 Å². The van der Waals surface area contributed by atoms with Crippen molar-refractivity contribution in [2.45, 2.75) is 51.4 Å². The summed E-state index contributed by atoms with van der Waals surface area (Å²) in [5.74, 6) is -0.440. The van der Waals surface area contributed by atoms with Crippen molar-refractivity contribution < 1.29 is 24.2 Å². The first-order valence-corrected chi connectivity index (χ1v) is 13.7. The third-order valence-electron chi connectivity index (χ3n) is 7.19. The van der Waals surface area contributed by atoms with E-state index in [4.69, 9.17) is 16.3 Å². The van der Waals surface area contributed by atoms with E-state index >= 15 is 0 Å². The fourth-order valence-electron chi connectivity index (χ4n) is 4.94. The Bertz CT molecular complexity index is 1400. The molecule has 212 valence electrons. The standard InChI is InChI=1S/C27H32ClN7O5/c1-16(2)33-10-8-18(9-11-33)30-27(39)40-26-32-24-20(25(38)34-13-19(36)14-34)4-3-5-21(24)35(26)15-23(37)31-22-7-6-17(28)12-29-22/h3-7,12,16,18-19,36H,8-11,13-15H2,1-2H3,(H,30,39)(H,29,31,37). The molecular weight excluding hydrogens is 538 g/mol. The minimum atomic E-state index is -0.682. The molecule has 2 aromatic heterocycles. The Balaban J connectivity index is 1.38. The summed E-state index contributed by atoms with van der Waals surface area (Å²) >= 11 is 5.88. The quantitative estimate of drug-likeness (QED) is 0.394. The zero-order valence-corrected chi connectivity index (χ0v) is 23.1. The number of benzene rings is 1. The Hall–Kier alpha value is -3.74. The Labute approximate surface area is 236 Å². The number of hydrogen-bond donors (Lipinski definition) is 3. The molecule has 2 saturated heterocycles. The third kappa shape index (κ3) is 6.19. The summed E-state index contributed by atoms with van der Waals surface area (Å²) in [6.45, 7) is 6.24. The van der Waals surface area contributed by atoms with Crippen LogP contribution in [0, 0.1) is 0 Å². The van der Waals surface area contributed by atoms with Crippen LogP contribution in [-0.2, 0) is 11.3 Å². The van der Waals surface area contributed by atoms with Gasteiger partial charge in [0.15, 0.2) is 0 Å². The number of piperidine rings is 1. The molecule has 0 aliphatic carbocycles. The second-order valence-electron chi connectivity index (χ2n) is 10.4. The van der Waals surface area contributed by atoms with Gasteiger partial charge in [-0.05, 0) is 51.0 Å². The minimum Gasteiger partial charge on any atom is -0.389 e. The van der Waals surface area contributed by atoms with E-state index in [0.717, 1.165) is 25.9 Å².